The fourth-order valence-corrected chi connectivity index (χ4v) is 4.87. The molecule has 0 atom stereocenters. The van der Waals surface area contributed by atoms with Gasteiger partial charge in [-0.2, -0.15) is 0 Å². The molecule has 1 amide bonds. The van der Waals surface area contributed by atoms with Gasteiger partial charge in [-0.25, -0.2) is 13.4 Å². The lowest BCUT2D eigenvalue weighted by molar-refractivity contribution is 0.0769. The van der Waals surface area contributed by atoms with Crippen molar-refractivity contribution < 1.29 is 17.9 Å². The first-order valence-electron chi connectivity index (χ1n) is 10.3. The summed E-state index contributed by atoms with van der Waals surface area (Å²) in [6.45, 7) is 2.68. The van der Waals surface area contributed by atoms with Crippen molar-refractivity contribution in [2.45, 2.75) is 12.7 Å². The molecular formula is C24H27N3O4S. The van der Waals surface area contributed by atoms with E-state index in [4.69, 9.17) is 4.74 Å². The first kappa shape index (κ1) is 23.3. The van der Waals surface area contributed by atoms with Crippen LogP contribution in [0.5, 0.6) is 5.88 Å². The number of carbonyl (C=O) groups is 1. The van der Waals surface area contributed by atoms with Crippen LogP contribution >= 0.6 is 0 Å². The molecule has 168 valence electrons. The molecule has 0 saturated carbocycles. The molecule has 3 aromatic rings. The van der Waals surface area contributed by atoms with E-state index in [0.717, 1.165) is 0 Å². The Morgan fingerprint density at radius 3 is 2.16 bits per heavy atom. The summed E-state index contributed by atoms with van der Waals surface area (Å²) in [5, 5.41) is 0. The van der Waals surface area contributed by atoms with Crippen molar-refractivity contribution in [3.8, 4) is 5.88 Å². The van der Waals surface area contributed by atoms with Crippen molar-refractivity contribution in [1.29, 1.82) is 0 Å². The summed E-state index contributed by atoms with van der Waals surface area (Å²) in [5.41, 5.74) is 1.68. The highest BCUT2D eigenvalue weighted by Crippen LogP contribution is 2.22. The molecule has 3 rings (SSSR count). The number of benzene rings is 2. The van der Waals surface area contributed by atoms with Crippen molar-refractivity contribution >= 4 is 21.6 Å². The summed E-state index contributed by atoms with van der Waals surface area (Å²) in [6, 6.07) is 21.3. The summed E-state index contributed by atoms with van der Waals surface area (Å²) in [4.78, 5) is 18.7. The van der Waals surface area contributed by atoms with Gasteiger partial charge in [0.25, 0.3) is 5.91 Å². The molecule has 0 aliphatic rings. The summed E-state index contributed by atoms with van der Waals surface area (Å²) >= 11 is 0. The number of amides is 1. The molecule has 0 aliphatic heterocycles. The molecule has 0 N–H and O–H groups in total. The van der Waals surface area contributed by atoms with E-state index in [1.54, 1.807) is 53.4 Å². The van der Waals surface area contributed by atoms with Crippen LogP contribution in [0.1, 0.15) is 22.8 Å². The lowest BCUT2D eigenvalue weighted by Gasteiger charge is -2.28. The number of methoxy groups -OCH3 is 1. The van der Waals surface area contributed by atoms with Crippen LogP contribution in [0.3, 0.4) is 0 Å². The van der Waals surface area contributed by atoms with E-state index in [1.165, 1.54) is 17.6 Å². The molecule has 32 heavy (non-hydrogen) atoms. The maximum absolute atomic E-state index is 13.4. The van der Waals surface area contributed by atoms with Gasteiger partial charge in [0, 0.05) is 24.7 Å². The zero-order valence-electron chi connectivity index (χ0n) is 18.2. The predicted octanol–water partition coefficient (Wildman–Crippen LogP) is 3.59. The predicted molar refractivity (Wildman–Crippen MR) is 125 cm³/mol. The van der Waals surface area contributed by atoms with Crippen LogP contribution < -0.4 is 9.04 Å². The maximum Gasteiger partial charge on any atom is 0.253 e. The Kier molecular flexibility index (Phi) is 7.83. The zero-order chi connectivity index (χ0) is 23.0. The molecule has 0 fully saturated rings. The molecule has 0 bridgehead atoms. The minimum absolute atomic E-state index is 0.107. The first-order chi connectivity index (χ1) is 15.4. The number of hydrogen-bond donors (Lipinski definition) is 0. The highest BCUT2D eigenvalue weighted by Gasteiger charge is 2.25. The van der Waals surface area contributed by atoms with Gasteiger partial charge in [-0.3, -0.25) is 9.10 Å². The maximum atomic E-state index is 13.4. The summed E-state index contributed by atoms with van der Waals surface area (Å²) in [5.74, 6) is 0.100. The number of aromatic nitrogens is 1. The monoisotopic (exact) mass is 453 g/mol. The van der Waals surface area contributed by atoms with Gasteiger partial charge in [0.2, 0.25) is 15.9 Å². The molecule has 0 aliphatic carbocycles. The number of sulfonamides is 1. The van der Waals surface area contributed by atoms with Gasteiger partial charge in [-0.15, -0.1) is 0 Å². The van der Waals surface area contributed by atoms with Crippen molar-refractivity contribution in [3.05, 3.63) is 90.1 Å². The smallest absolute Gasteiger partial charge is 0.253 e. The quantitative estimate of drug-likeness (QED) is 0.469. The number of hydrogen-bond acceptors (Lipinski definition) is 5. The number of rotatable bonds is 10. The Hall–Kier alpha value is -3.39. The second-order valence-corrected chi connectivity index (χ2v) is 9.02. The number of anilines is 1. The van der Waals surface area contributed by atoms with E-state index >= 15 is 0 Å². The zero-order valence-corrected chi connectivity index (χ0v) is 19.0. The van der Waals surface area contributed by atoms with Gasteiger partial charge in [0.1, 0.15) is 0 Å². The fraction of sp³-hybridized carbons (Fsp3) is 0.250. The number of nitrogens with zero attached hydrogens (tertiary/aromatic N) is 3. The molecule has 7 nitrogen and oxygen atoms in total. The van der Waals surface area contributed by atoms with E-state index in [2.05, 4.69) is 4.98 Å². The third kappa shape index (κ3) is 5.85. The molecule has 8 heteroatoms. The van der Waals surface area contributed by atoms with Gasteiger partial charge in [0.15, 0.2) is 0 Å². The molecule has 1 heterocycles. The Morgan fingerprint density at radius 2 is 1.59 bits per heavy atom. The second-order valence-electron chi connectivity index (χ2n) is 7.12. The van der Waals surface area contributed by atoms with E-state index < -0.39 is 10.0 Å². The van der Waals surface area contributed by atoms with Gasteiger partial charge < -0.3 is 9.64 Å². The van der Waals surface area contributed by atoms with Crippen LogP contribution in [0.2, 0.25) is 0 Å². The number of likely N-dealkylation sites (N-methyl/N-ethyl adjacent to an activating group) is 1. The van der Waals surface area contributed by atoms with Crippen LogP contribution in [0.15, 0.2) is 79.0 Å². The number of ether oxygens (including phenoxy) is 1. The highest BCUT2D eigenvalue weighted by molar-refractivity contribution is 7.92. The highest BCUT2D eigenvalue weighted by atomic mass is 32.2. The molecular weight excluding hydrogens is 426 g/mol. The average Bonchev–Trinajstić information content (AvgIpc) is 2.82. The SMILES string of the molecule is CCN(CCN(c1ccc(OC)nc1)S(=O)(=O)Cc1ccccc1)C(=O)c1ccccc1. The average molecular weight is 454 g/mol. The van der Waals surface area contributed by atoms with E-state index in [1.807, 2.05) is 31.2 Å². The van der Waals surface area contributed by atoms with Gasteiger partial charge >= 0.3 is 0 Å². The molecule has 0 unspecified atom stereocenters. The normalized spacial score (nSPS) is 11.1. The Balaban J connectivity index is 1.85. The van der Waals surface area contributed by atoms with Crippen LogP contribution in [-0.2, 0) is 15.8 Å². The second kappa shape index (κ2) is 10.8. The van der Waals surface area contributed by atoms with E-state index in [9.17, 15) is 13.2 Å². The van der Waals surface area contributed by atoms with E-state index in [0.29, 0.717) is 29.2 Å². The van der Waals surface area contributed by atoms with Crippen LogP contribution in [0.25, 0.3) is 0 Å². The largest absolute Gasteiger partial charge is 0.481 e. The van der Waals surface area contributed by atoms with E-state index in [-0.39, 0.29) is 24.7 Å². The minimum atomic E-state index is -3.73. The Morgan fingerprint density at radius 1 is 0.938 bits per heavy atom. The fourth-order valence-electron chi connectivity index (χ4n) is 3.31. The van der Waals surface area contributed by atoms with Crippen molar-refractivity contribution in [2.24, 2.45) is 0 Å². The van der Waals surface area contributed by atoms with Gasteiger partial charge in [-0.1, -0.05) is 48.5 Å². The molecule has 0 saturated heterocycles. The van der Waals surface area contributed by atoms with Crippen molar-refractivity contribution in [2.75, 3.05) is 31.0 Å². The third-order valence-corrected chi connectivity index (χ3v) is 6.77. The van der Waals surface area contributed by atoms with Gasteiger partial charge in [-0.05, 0) is 30.7 Å². The Labute approximate surface area is 189 Å². The van der Waals surface area contributed by atoms with Crippen molar-refractivity contribution in [1.82, 2.24) is 9.88 Å². The minimum Gasteiger partial charge on any atom is -0.481 e. The lowest BCUT2D eigenvalue weighted by Crippen LogP contribution is -2.41. The van der Waals surface area contributed by atoms with Crippen molar-refractivity contribution in [3.63, 3.8) is 0 Å². The molecule has 1 aromatic heterocycles. The number of pyridine rings is 1. The molecule has 2 aromatic carbocycles. The summed E-state index contributed by atoms with van der Waals surface area (Å²) in [7, 11) is -2.23. The molecule has 0 radical (unpaired) electrons. The lowest BCUT2D eigenvalue weighted by atomic mass is 10.2. The van der Waals surface area contributed by atoms with Crippen LogP contribution in [0, 0.1) is 0 Å². The first-order valence-corrected chi connectivity index (χ1v) is 11.9. The Bertz CT molecular complexity index is 1110. The summed E-state index contributed by atoms with van der Waals surface area (Å²) in [6.07, 6.45) is 1.47. The van der Waals surface area contributed by atoms with Gasteiger partial charge in [0.05, 0.1) is 31.3 Å². The van der Waals surface area contributed by atoms with Crippen LogP contribution in [-0.4, -0.2) is 51.0 Å². The topological polar surface area (TPSA) is 79.8 Å². The standard InChI is InChI=1S/C24H27N3O4S/c1-3-26(24(28)21-12-8-5-9-13-21)16-17-27(22-14-15-23(31-2)25-18-22)32(29,30)19-20-10-6-4-7-11-20/h4-15,18H,3,16-17,19H2,1-2H3. The van der Waals surface area contributed by atoms with Crippen LogP contribution in [0.4, 0.5) is 5.69 Å². The molecule has 0 spiro atoms. The third-order valence-electron chi connectivity index (χ3n) is 5.01. The summed E-state index contributed by atoms with van der Waals surface area (Å²) < 4.78 is 33.1. The number of carbonyl (C=O) groups excluding carboxylic acids is 1.